The van der Waals surface area contributed by atoms with Crippen molar-refractivity contribution in [2.75, 3.05) is 20.2 Å². The van der Waals surface area contributed by atoms with Crippen LogP contribution in [0.25, 0.3) is 0 Å². The molecule has 4 nitrogen and oxygen atoms in total. The zero-order valence-electron chi connectivity index (χ0n) is 10.0. The number of hydrogen-bond acceptors (Lipinski definition) is 3. The van der Waals surface area contributed by atoms with Gasteiger partial charge in [-0.1, -0.05) is 11.6 Å². The van der Waals surface area contributed by atoms with E-state index in [1.54, 1.807) is 12.0 Å². The van der Waals surface area contributed by atoms with E-state index in [2.05, 4.69) is 4.98 Å². The molecule has 6 heteroatoms. The minimum Gasteiger partial charge on any atom is -0.381 e. The fourth-order valence-corrected chi connectivity index (χ4v) is 2.22. The van der Waals surface area contributed by atoms with Crippen molar-refractivity contribution in [3.05, 3.63) is 28.8 Å². The average Bonchev–Trinajstić information content (AvgIpc) is 2.41. The van der Waals surface area contributed by atoms with E-state index in [1.807, 2.05) is 0 Å². The minimum absolute atomic E-state index is 0.0373. The van der Waals surface area contributed by atoms with Gasteiger partial charge in [0.1, 0.15) is 11.0 Å². The molecule has 0 spiro atoms. The van der Waals surface area contributed by atoms with Gasteiger partial charge in [-0.3, -0.25) is 4.79 Å². The summed E-state index contributed by atoms with van der Waals surface area (Å²) in [6.45, 7) is 1.17. The van der Waals surface area contributed by atoms with Gasteiger partial charge < -0.3 is 9.64 Å². The third kappa shape index (κ3) is 2.79. The molecule has 0 radical (unpaired) electrons. The molecule has 1 aliphatic rings. The minimum atomic E-state index is -0.561. The molecule has 1 aromatic rings. The quantitative estimate of drug-likeness (QED) is 0.775. The maximum Gasteiger partial charge on any atom is 0.257 e. The zero-order valence-corrected chi connectivity index (χ0v) is 10.8. The summed E-state index contributed by atoms with van der Waals surface area (Å²) in [5.74, 6) is -0.837. The largest absolute Gasteiger partial charge is 0.381 e. The number of likely N-dealkylation sites (tertiary alicyclic amines) is 1. The Kier molecular flexibility index (Phi) is 4.14. The van der Waals surface area contributed by atoms with Crippen LogP contribution in [0.2, 0.25) is 5.15 Å². The van der Waals surface area contributed by atoms with Crippen molar-refractivity contribution in [2.45, 2.75) is 18.9 Å². The summed E-state index contributed by atoms with van der Waals surface area (Å²) >= 11 is 5.82. The highest BCUT2D eigenvalue weighted by Gasteiger charge is 2.25. The lowest BCUT2D eigenvalue weighted by Crippen LogP contribution is -2.40. The van der Waals surface area contributed by atoms with E-state index in [4.69, 9.17) is 16.3 Å². The molecule has 1 saturated heterocycles. The Morgan fingerprint density at radius 2 is 2.22 bits per heavy atom. The van der Waals surface area contributed by atoms with Crippen LogP contribution in [0.15, 0.2) is 12.3 Å². The molecule has 0 aliphatic carbocycles. The Morgan fingerprint density at radius 3 is 2.83 bits per heavy atom. The summed E-state index contributed by atoms with van der Waals surface area (Å²) in [5.41, 5.74) is 0.118. The molecule has 2 heterocycles. The Bertz CT molecular complexity index is 448. The van der Waals surface area contributed by atoms with Crippen molar-refractivity contribution in [3.8, 4) is 0 Å². The smallest absolute Gasteiger partial charge is 0.257 e. The van der Waals surface area contributed by atoms with Crippen molar-refractivity contribution in [1.82, 2.24) is 9.88 Å². The van der Waals surface area contributed by atoms with Gasteiger partial charge in [-0.25, -0.2) is 9.37 Å². The Balaban J connectivity index is 2.10. The molecule has 98 valence electrons. The fourth-order valence-electron chi connectivity index (χ4n) is 2.04. The topological polar surface area (TPSA) is 42.4 Å². The van der Waals surface area contributed by atoms with Crippen molar-refractivity contribution in [2.24, 2.45) is 0 Å². The van der Waals surface area contributed by atoms with Crippen LogP contribution in [0.4, 0.5) is 4.39 Å². The highest BCUT2D eigenvalue weighted by molar-refractivity contribution is 6.32. The van der Waals surface area contributed by atoms with E-state index in [-0.39, 0.29) is 22.7 Å². The van der Waals surface area contributed by atoms with E-state index in [9.17, 15) is 9.18 Å². The number of carbonyl (C=O) groups excluding carboxylic acids is 1. The lowest BCUT2D eigenvalue weighted by Gasteiger charge is -2.31. The van der Waals surface area contributed by atoms with Crippen molar-refractivity contribution in [1.29, 1.82) is 0 Å². The van der Waals surface area contributed by atoms with E-state index in [0.29, 0.717) is 13.1 Å². The van der Waals surface area contributed by atoms with Crippen molar-refractivity contribution >= 4 is 17.5 Å². The molecule has 1 fully saturated rings. The summed E-state index contributed by atoms with van der Waals surface area (Å²) in [5, 5.41) is 0.0373. The normalized spacial score (nSPS) is 16.9. The highest BCUT2D eigenvalue weighted by atomic mass is 35.5. The van der Waals surface area contributed by atoms with Crippen molar-refractivity contribution in [3.63, 3.8) is 0 Å². The Labute approximate surface area is 110 Å². The van der Waals surface area contributed by atoms with Crippen LogP contribution >= 0.6 is 11.6 Å². The molecule has 0 aromatic carbocycles. The molecule has 2 rings (SSSR count). The van der Waals surface area contributed by atoms with Crippen LogP contribution in [0, 0.1) is 5.82 Å². The van der Waals surface area contributed by atoms with E-state index in [1.165, 1.54) is 0 Å². The molecule has 1 aliphatic heterocycles. The molecular formula is C12H14ClFN2O2. The molecule has 1 aromatic heterocycles. The standard InChI is InChI=1S/C12H14ClFN2O2/c1-18-9-2-4-16(5-3-9)12(17)10-6-8(14)7-15-11(10)13/h6-7,9H,2-5H2,1H3. The summed E-state index contributed by atoms with van der Waals surface area (Å²) < 4.78 is 18.3. The van der Waals surface area contributed by atoms with Gasteiger partial charge in [-0.2, -0.15) is 0 Å². The maximum absolute atomic E-state index is 13.1. The molecule has 0 atom stereocenters. The van der Waals surface area contributed by atoms with Crippen LogP contribution in [0.5, 0.6) is 0 Å². The summed E-state index contributed by atoms with van der Waals surface area (Å²) in [7, 11) is 1.66. The lowest BCUT2D eigenvalue weighted by atomic mass is 10.1. The summed E-state index contributed by atoms with van der Waals surface area (Å²) in [6, 6.07) is 1.13. The number of rotatable bonds is 2. The SMILES string of the molecule is COC1CCN(C(=O)c2cc(F)cnc2Cl)CC1. The van der Waals surface area contributed by atoms with Gasteiger partial charge in [0.25, 0.3) is 5.91 Å². The monoisotopic (exact) mass is 272 g/mol. The first kappa shape index (κ1) is 13.2. The van der Waals surface area contributed by atoms with Gasteiger partial charge >= 0.3 is 0 Å². The number of aromatic nitrogens is 1. The van der Waals surface area contributed by atoms with Crippen LogP contribution in [0.1, 0.15) is 23.2 Å². The van der Waals surface area contributed by atoms with E-state index in [0.717, 1.165) is 25.1 Å². The number of carbonyl (C=O) groups is 1. The highest BCUT2D eigenvalue weighted by Crippen LogP contribution is 2.20. The second kappa shape index (κ2) is 5.63. The lowest BCUT2D eigenvalue weighted by molar-refractivity contribution is 0.0350. The number of piperidine rings is 1. The van der Waals surface area contributed by atoms with Gasteiger partial charge in [-0.05, 0) is 18.9 Å². The molecular weight excluding hydrogens is 259 g/mol. The molecule has 0 N–H and O–H groups in total. The van der Waals surface area contributed by atoms with E-state index < -0.39 is 5.82 Å². The van der Waals surface area contributed by atoms with E-state index >= 15 is 0 Å². The number of amides is 1. The van der Waals surface area contributed by atoms with Gasteiger partial charge in [-0.15, -0.1) is 0 Å². The van der Waals surface area contributed by atoms with Crippen LogP contribution in [0.3, 0.4) is 0 Å². The maximum atomic E-state index is 13.1. The molecule has 18 heavy (non-hydrogen) atoms. The molecule has 0 saturated carbocycles. The van der Waals surface area contributed by atoms with Crippen molar-refractivity contribution < 1.29 is 13.9 Å². The second-order valence-electron chi connectivity index (χ2n) is 4.22. The Morgan fingerprint density at radius 1 is 1.56 bits per heavy atom. The predicted molar refractivity (Wildman–Crippen MR) is 65.1 cm³/mol. The predicted octanol–water partition coefficient (Wildman–Crippen LogP) is 2.13. The number of ether oxygens (including phenoxy) is 1. The second-order valence-corrected chi connectivity index (χ2v) is 4.58. The zero-order chi connectivity index (χ0) is 13.1. The van der Waals surface area contributed by atoms with Gasteiger partial charge in [0.15, 0.2) is 0 Å². The summed E-state index contributed by atoms with van der Waals surface area (Å²) in [4.78, 5) is 17.5. The first-order valence-corrected chi connectivity index (χ1v) is 6.12. The molecule has 0 unspecified atom stereocenters. The van der Waals surface area contributed by atoms with Crippen LogP contribution < -0.4 is 0 Å². The third-order valence-corrected chi connectivity index (χ3v) is 3.40. The fraction of sp³-hybridized carbons (Fsp3) is 0.500. The number of pyridine rings is 1. The number of halogens is 2. The molecule has 1 amide bonds. The average molecular weight is 273 g/mol. The summed E-state index contributed by atoms with van der Waals surface area (Å²) in [6.07, 6.45) is 2.75. The van der Waals surface area contributed by atoms with Gasteiger partial charge in [0.2, 0.25) is 0 Å². The van der Waals surface area contributed by atoms with Crippen LogP contribution in [-0.4, -0.2) is 42.1 Å². The van der Waals surface area contributed by atoms with Gasteiger partial charge in [0, 0.05) is 20.2 Å². The number of methoxy groups -OCH3 is 1. The first-order valence-electron chi connectivity index (χ1n) is 5.75. The Hall–Kier alpha value is -1.20. The van der Waals surface area contributed by atoms with Crippen LogP contribution in [-0.2, 0) is 4.74 Å². The first-order chi connectivity index (χ1) is 8.61. The number of nitrogens with zero attached hydrogens (tertiary/aromatic N) is 2. The van der Waals surface area contributed by atoms with Gasteiger partial charge in [0.05, 0.1) is 17.9 Å². The third-order valence-electron chi connectivity index (χ3n) is 3.10. The number of hydrogen-bond donors (Lipinski definition) is 0. The molecule has 0 bridgehead atoms.